The van der Waals surface area contributed by atoms with E-state index in [2.05, 4.69) is 17.2 Å². The lowest BCUT2D eigenvalue weighted by molar-refractivity contribution is 0.185. The number of likely N-dealkylation sites (tertiary alicyclic amines) is 1. The van der Waals surface area contributed by atoms with Crippen molar-refractivity contribution < 1.29 is 0 Å². The van der Waals surface area contributed by atoms with Crippen LogP contribution in [-0.4, -0.2) is 31.1 Å². The van der Waals surface area contributed by atoms with E-state index in [0.717, 1.165) is 19.0 Å². The number of hydrazine groups is 1. The highest BCUT2D eigenvalue weighted by atomic mass is 15.2. The van der Waals surface area contributed by atoms with E-state index >= 15 is 0 Å². The van der Waals surface area contributed by atoms with Crippen molar-refractivity contribution in [3.05, 3.63) is 0 Å². The molecule has 1 rings (SSSR count). The van der Waals surface area contributed by atoms with Crippen LogP contribution in [0, 0.1) is 5.92 Å². The van der Waals surface area contributed by atoms with E-state index in [1.165, 1.54) is 25.9 Å². The van der Waals surface area contributed by atoms with Gasteiger partial charge in [-0.15, -0.1) is 0 Å². The van der Waals surface area contributed by atoms with Gasteiger partial charge >= 0.3 is 0 Å². The van der Waals surface area contributed by atoms with Gasteiger partial charge in [0.1, 0.15) is 0 Å². The van der Waals surface area contributed by atoms with Crippen LogP contribution in [0.2, 0.25) is 0 Å². The summed E-state index contributed by atoms with van der Waals surface area (Å²) in [4.78, 5) is 2.48. The van der Waals surface area contributed by atoms with Gasteiger partial charge in [-0.25, -0.2) is 0 Å². The first kappa shape index (κ1) is 8.97. The largest absolute Gasteiger partial charge is 0.302 e. The molecule has 3 N–H and O–H groups in total. The Hall–Kier alpha value is -0.120. The van der Waals surface area contributed by atoms with Crippen molar-refractivity contribution in [2.75, 3.05) is 26.2 Å². The molecule has 3 heteroatoms. The maximum absolute atomic E-state index is 5.20. The third-order valence-corrected chi connectivity index (χ3v) is 2.31. The third kappa shape index (κ3) is 3.18. The monoisotopic (exact) mass is 157 g/mol. The lowest BCUT2D eigenvalue weighted by Crippen LogP contribution is -2.40. The predicted octanol–water partition coefficient (Wildman–Crippen LogP) is 0.182. The number of piperidine rings is 1. The van der Waals surface area contributed by atoms with Crippen LogP contribution in [0.1, 0.15) is 19.8 Å². The summed E-state index contributed by atoms with van der Waals surface area (Å²) in [6, 6.07) is 0. The molecule has 1 aliphatic heterocycles. The van der Waals surface area contributed by atoms with E-state index in [1.807, 2.05) is 0 Å². The first-order valence-corrected chi connectivity index (χ1v) is 4.48. The molecular weight excluding hydrogens is 138 g/mol. The fourth-order valence-corrected chi connectivity index (χ4v) is 1.71. The summed E-state index contributed by atoms with van der Waals surface area (Å²) in [5.74, 6) is 6.08. The summed E-state index contributed by atoms with van der Waals surface area (Å²) in [5, 5.41) is 0. The van der Waals surface area contributed by atoms with E-state index < -0.39 is 0 Å². The van der Waals surface area contributed by atoms with Gasteiger partial charge in [-0.1, -0.05) is 6.92 Å². The summed E-state index contributed by atoms with van der Waals surface area (Å²) in [6.45, 7) is 6.84. The molecule has 0 radical (unpaired) electrons. The molecule has 11 heavy (non-hydrogen) atoms. The molecule has 0 spiro atoms. The minimum Gasteiger partial charge on any atom is -0.302 e. The second-order valence-electron chi connectivity index (χ2n) is 3.50. The maximum Gasteiger partial charge on any atom is 0.0225 e. The number of nitrogens with two attached hydrogens (primary N) is 1. The Morgan fingerprint density at radius 1 is 1.64 bits per heavy atom. The Morgan fingerprint density at radius 3 is 3.09 bits per heavy atom. The van der Waals surface area contributed by atoms with Crippen LogP contribution in [0.3, 0.4) is 0 Å². The maximum atomic E-state index is 5.20. The summed E-state index contributed by atoms with van der Waals surface area (Å²) in [6.07, 6.45) is 2.75. The molecule has 1 aliphatic rings. The molecule has 0 saturated carbocycles. The average Bonchev–Trinajstić information content (AvgIpc) is 2.01. The molecule has 66 valence electrons. The predicted molar refractivity (Wildman–Crippen MR) is 47.0 cm³/mol. The van der Waals surface area contributed by atoms with Crippen LogP contribution in [-0.2, 0) is 0 Å². The smallest absolute Gasteiger partial charge is 0.0225 e. The van der Waals surface area contributed by atoms with Crippen molar-refractivity contribution in [3.63, 3.8) is 0 Å². The first-order valence-electron chi connectivity index (χ1n) is 4.48. The molecule has 1 fully saturated rings. The number of rotatable bonds is 3. The topological polar surface area (TPSA) is 41.3 Å². The zero-order valence-corrected chi connectivity index (χ0v) is 7.34. The second-order valence-corrected chi connectivity index (χ2v) is 3.50. The SMILES string of the molecule is CC1CCCN(CCNN)C1. The highest BCUT2D eigenvalue weighted by Gasteiger charge is 2.14. The van der Waals surface area contributed by atoms with Gasteiger partial charge < -0.3 is 4.90 Å². The standard InChI is InChI=1S/C8H19N3/c1-8-3-2-5-11(7-8)6-4-10-9/h8,10H,2-7,9H2,1H3. The summed E-state index contributed by atoms with van der Waals surface area (Å²) < 4.78 is 0. The quantitative estimate of drug-likeness (QED) is 0.453. The van der Waals surface area contributed by atoms with Gasteiger partial charge in [-0.3, -0.25) is 11.3 Å². The normalized spacial score (nSPS) is 27.3. The van der Waals surface area contributed by atoms with Crippen LogP contribution in [0.25, 0.3) is 0 Å². The van der Waals surface area contributed by atoms with Crippen LogP contribution >= 0.6 is 0 Å². The molecule has 1 unspecified atom stereocenters. The highest BCUT2D eigenvalue weighted by molar-refractivity contribution is 4.69. The Bertz CT molecular complexity index is 106. The van der Waals surface area contributed by atoms with Crippen molar-refractivity contribution in [2.45, 2.75) is 19.8 Å². The lowest BCUT2D eigenvalue weighted by atomic mass is 10.0. The molecule has 3 nitrogen and oxygen atoms in total. The van der Waals surface area contributed by atoms with Crippen LogP contribution in [0.5, 0.6) is 0 Å². The summed E-state index contributed by atoms with van der Waals surface area (Å²) >= 11 is 0. The van der Waals surface area contributed by atoms with Crippen molar-refractivity contribution >= 4 is 0 Å². The molecule has 0 aromatic carbocycles. The Balaban J connectivity index is 2.12. The average molecular weight is 157 g/mol. The van der Waals surface area contributed by atoms with E-state index in [9.17, 15) is 0 Å². The number of hydrogen-bond donors (Lipinski definition) is 2. The minimum absolute atomic E-state index is 0.876. The molecular formula is C8H19N3. The fourth-order valence-electron chi connectivity index (χ4n) is 1.71. The minimum atomic E-state index is 0.876. The van der Waals surface area contributed by atoms with Crippen LogP contribution < -0.4 is 11.3 Å². The molecule has 1 atom stereocenters. The van der Waals surface area contributed by atoms with E-state index in [4.69, 9.17) is 5.84 Å². The van der Waals surface area contributed by atoms with Gasteiger partial charge in [-0.2, -0.15) is 0 Å². The fraction of sp³-hybridized carbons (Fsp3) is 1.00. The zero-order valence-electron chi connectivity index (χ0n) is 7.34. The summed E-state index contributed by atoms with van der Waals surface area (Å²) in [7, 11) is 0. The lowest BCUT2D eigenvalue weighted by Gasteiger charge is -2.30. The van der Waals surface area contributed by atoms with Gasteiger partial charge in [-0.05, 0) is 25.3 Å². The van der Waals surface area contributed by atoms with E-state index in [0.29, 0.717) is 0 Å². The van der Waals surface area contributed by atoms with Gasteiger partial charge in [0.05, 0.1) is 0 Å². The van der Waals surface area contributed by atoms with Crippen molar-refractivity contribution in [1.82, 2.24) is 10.3 Å². The Labute approximate surface area is 68.9 Å². The van der Waals surface area contributed by atoms with Crippen LogP contribution in [0.15, 0.2) is 0 Å². The molecule has 0 aliphatic carbocycles. The van der Waals surface area contributed by atoms with Crippen molar-refractivity contribution in [2.24, 2.45) is 11.8 Å². The van der Waals surface area contributed by atoms with Crippen molar-refractivity contribution in [1.29, 1.82) is 0 Å². The number of nitrogens with one attached hydrogen (secondary N) is 1. The van der Waals surface area contributed by atoms with Gasteiger partial charge in [0.2, 0.25) is 0 Å². The van der Waals surface area contributed by atoms with E-state index in [-0.39, 0.29) is 0 Å². The molecule has 1 saturated heterocycles. The molecule has 0 bridgehead atoms. The number of hydrogen-bond acceptors (Lipinski definition) is 3. The Morgan fingerprint density at radius 2 is 2.45 bits per heavy atom. The number of nitrogens with zero attached hydrogens (tertiary/aromatic N) is 1. The van der Waals surface area contributed by atoms with Crippen LogP contribution in [0.4, 0.5) is 0 Å². The molecule has 1 heterocycles. The first-order chi connectivity index (χ1) is 5.33. The Kier molecular flexibility index (Phi) is 3.83. The van der Waals surface area contributed by atoms with Gasteiger partial charge in [0.15, 0.2) is 0 Å². The van der Waals surface area contributed by atoms with Crippen molar-refractivity contribution in [3.8, 4) is 0 Å². The van der Waals surface area contributed by atoms with E-state index in [1.54, 1.807) is 0 Å². The van der Waals surface area contributed by atoms with Gasteiger partial charge in [0.25, 0.3) is 0 Å². The molecule has 0 aromatic rings. The third-order valence-electron chi connectivity index (χ3n) is 2.31. The zero-order chi connectivity index (χ0) is 8.10. The summed E-state index contributed by atoms with van der Waals surface area (Å²) in [5.41, 5.74) is 2.69. The molecule has 0 aromatic heterocycles. The molecule has 0 amide bonds. The second kappa shape index (κ2) is 4.70. The highest BCUT2D eigenvalue weighted by Crippen LogP contribution is 2.14. The van der Waals surface area contributed by atoms with Gasteiger partial charge in [0, 0.05) is 19.6 Å².